The van der Waals surface area contributed by atoms with E-state index in [9.17, 15) is 4.79 Å². The molecule has 8 heteroatoms. The molecule has 2 heterocycles. The maximum atomic E-state index is 13.0. The Kier molecular flexibility index (Phi) is 6.53. The molecule has 0 aromatic heterocycles. The highest BCUT2D eigenvalue weighted by Gasteiger charge is 2.52. The van der Waals surface area contributed by atoms with Crippen molar-refractivity contribution in [2.24, 2.45) is 0 Å². The van der Waals surface area contributed by atoms with Crippen LogP contribution < -0.4 is 5.46 Å². The minimum Gasteiger partial charge on any atom is -0.405 e. The summed E-state index contributed by atoms with van der Waals surface area (Å²) in [6, 6.07) is 5.86. The second kappa shape index (κ2) is 8.17. The highest BCUT2D eigenvalue weighted by Crippen LogP contribution is 2.39. The quantitative estimate of drug-likeness (QED) is 0.588. The molecule has 2 aliphatic rings. The van der Waals surface area contributed by atoms with Crippen LogP contribution in [0.3, 0.4) is 0 Å². The third kappa shape index (κ3) is 4.91. The van der Waals surface area contributed by atoms with Crippen molar-refractivity contribution < 1.29 is 18.5 Å². The molecule has 2 fully saturated rings. The van der Waals surface area contributed by atoms with Gasteiger partial charge in [0.2, 0.25) is 0 Å². The van der Waals surface area contributed by atoms with Gasteiger partial charge in [0.05, 0.1) is 11.2 Å². The van der Waals surface area contributed by atoms with Crippen molar-refractivity contribution >= 4 is 38.4 Å². The van der Waals surface area contributed by atoms with E-state index >= 15 is 0 Å². The van der Waals surface area contributed by atoms with Crippen molar-refractivity contribution in [1.29, 1.82) is 0 Å². The van der Waals surface area contributed by atoms with Crippen LogP contribution in [0.5, 0.6) is 0 Å². The van der Waals surface area contributed by atoms with Crippen LogP contribution in [-0.4, -0.2) is 50.1 Å². The van der Waals surface area contributed by atoms with E-state index < -0.39 is 26.6 Å². The van der Waals surface area contributed by atoms with Crippen molar-refractivity contribution in [3.05, 3.63) is 28.8 Å². The summed E-state index contributed by atoms with van der Waals surface area (Å²) in [4.78, 5) is 14.8. The van der Waals surface area contributed by atoms with E-state index in [1.165, 1.54) is 0 Å². The molecular formula is C23H37BClNO4Si. The van der Waals surface area contributed by atoms with Crippen LogP contribution >= 0.6 is 11.6 Å². The molecule has 0 saturated carbocycles. The molecule has 1 atom stereocenters. The third-order valence-electron chi connectivity index (χ3n) is 7.44. The molecule has 31 heavy (non-hydrogen) atoms. The first-order valence-corrected chi connectivity index (χ1v) is 14.4. The number of likely N-dealkylation sites (tertiary alicyclic amines) is 1. The zero-order valence-electron chi connectivity index (χ0n) is 20.5. The Hall–Kier alpha value is -0.858. The van der Waals surface area contributed by atoms with Crippen LogP contribution in [0.1, 0.15) is 60.5 Å². The Bertz CT molecular complexity index is 836. The first-order chi connectivity index (χ1) is 14.0. The van der Waals surface area contributed by atoms with E-state index in [1.54, 1.807) is 0 Å². The number of rotatable bonds is 5. The fraction of sp³-hybridized carbons (Fsp3) is 0.696. The summed E-state index contributed by atoms with van der Waals surface area (Å²) in [5.74, 6) is 0.0796. The van der Waals surface area contributed by atoms with Gasteiger partial charge < -0.3 is 18.6 Å². The average molecular weight is 466 g/mol. The first kappa shape index (κ1) is 24.8. The summed E-state index contributed by atoms with van der Waals surface area (Å²) in [6.07, 6.45) is 0.408. The highest BCUT2D eigenvalue weighted by molar-refractivity contribution is 6.74. The molecule has 2 aliphatic heterocycles. The van der Waals surface area contributed by atoms with Crippen molar-refractivity contribution in [3.8, 4) is 0 Å². The van der Waals surface area contributed by atoms with Gasteiger partial charge in [-0.2, -0.15) is 0 Å². The van der Waals surface area contributed by atoms with Gasteiger partial charge in [-0.3, -0.25) is 4.79 Å². The number of nitrogens with zero attached hydrogens (tertiary/aromatic N) is 1. The minimum absolute atomic E-state index is 0.0796. The van der Waals surface area contributed by atoms with Gasteiger partial charge in [-0.15, -0.1) is 0 Å². The average Bonchev–Trinajstić information content (AvgIpc) is 3.03. The summed E-state index contributed by atoms with van der Waals surface area (Å²) in [5.41, 5.74) is 0.976. The Morgan fingerprint density at radius 3 is 2.29 bits per heavy atom. The molecule has 172 valence electrons. The number of hydrogen-bond donors (Lipinski definition) is 0. The van der Waals surface area contributed by atoms with Crippen molar-refractivity contribution in [1.82, 2.24) is 4.90 Å². The standard InChI is InChI=1S/C23H37BClNO4Si/c1-21(2,3)31(8,9)28-19-12-13-26(20(19)27)15-16-10-11-17(18(25)14-16)24-29-22(4,5)23(6,7)30-24/h10-11,14,19H,12-13,15H2,1-9H3. The van der Waals surface area contributed by atoms with Gasteiger partial charge in [0, 0.05) is 23.6 Å². The summed E-state index contributed by atoms with van der Waals surface area (Å²) >= 11 is 6.60. The SMILES string of the molecule is CC1(C)OB(c2ccc(CN3CCC(O[Si](C)(C)C(C)(C)C)C3=O)cc2Cl)OC1(C)C. The minimum atomic E-state index is -1.99. The predicted octanol–water partition coefficient (Wildman–Crippen LogP) is 4.76. The molecule has 0 bridgehead atoms. The van der Waals surface area contributed by atoms with E-state index in [2.05, 4.69) is 33.9 Å². The Balaban J connectivity index is 1.67. The summed E-state index contributed by atoms with van der Waals surface area (Å²) in [5, 5.41) is 0.675. The predicted molar refractivity (Wildman–Crippen MR) is 129 cm³/mol. The van der Waals surface area contributed by atoms with Gasteiger partial charge in [-0.25, -0.2) is 0 Å². The van der Waals surface area contributed by atoms with Gasteiger partial charge in [-0.1, -0.05) is 44.5 Å². The van der Waals surface area contributed by atoms with Crippen LogP contribution in [0.25, 0.3) is 0 Å². The molecule has 5 nitrogen and oxygen atoms in total. The highest BCUT2D eigenvalue weighted by atomic mass is 35.5. The molecule has 2 saturated heterocycles. The lowest BCUT2D eigenvalue weighted by Gasteiger charge is -2.37. The maximum Gasteiger partial charge on any atom is 0.496 e. The molecule has 1 aromatic carbocycles. The van der Waals surface area contributed by atoms with E-state index in [-0.39, 0.29) is 17.0 Å². The molecule has 0 spiro atoms. The Morgan fingerprint density at radius 1 is 1.19 bits per heavy atom. The van der Waals surface area contributed by atoms with E-state index in [4.69, 9.17) is 25.3 Å². The number of halogens is 1. The topological polar surface area (TPSA) is 48.0 Å². The number of carbonyl (C=O) groups excluding carboxylic acids is 1. The number of carbonyl (C=O) groups is 1. The normalized spacial score (nSPS) is 23.7. The summed E-state index contributed by atoms with van der Waals surface area (Å²) < 4.78 is 18.6. The molecule has 3 rings (SSSR count). The van der Waals surface area contributed by atoms with Crippen LogP contribution in [0.4, 0.5) is 0 Å². The second-order valence-corrected chi connectivity index (χ2v) is 16.5. The van der Waals surface area contributed by atoms with Gasteiger partial charge in [0.25, 0.3) is 5.91 Å². The number of benzene rings is 1. The summed E-state index contributed by atoms with van der Waals surface area (Å²) in [7, 11) is -2.48. The second-order valence-electron chi connectivity index (χ2n) is 11.4. The molecule has 0 radical (unpaired) electrons. The lowest BCUT2D eigenvalue weighted by atomic mass is 9.78. The van der Waals surface area contributed by atoms with Crippen molar-refractivity contribution in [3.63, 3.8) is 0 Å². The van der Waals surface area contributed by atoms with Gasteiger partial charge >= 0.3 is 7.12 Å². The van der Waals surface area contributed by atoms with Crippen LogP contribution in [-0.2, 0) is 25.1 Å². The van der Waals surface area contributed by atoms with E-state index in [0.717, 1.165) is 17.4 Å². The smallest absolute Gasteiger partial charge is 0.405 e. The molecule has 0 aliphatic carbocycles. The molecular weight excluding hydrogens is 429 g/mol. The van der Waals surface area contributed by atoms with Crippen LogP contribution in [0.2, 0.25) is 23.2 Å². The fourth-order valence-corrected chi connectivity index (χ4v) is 5.14. The van der Waals surface area contributed by atoms with E-state index in [1.807, 2.05) is 50.8 Å². The molecule has 1 unspecified atom stereocenters. The summed E-state index contributed by atoms with van der Waals surface area (Å²) in [6.45, 7) is 20.3. The maximum absolute atomic E-state index is 13.0. The first-order valence-electron chi connectivity index (χ1n) is 11.1. The lowest BCUT2D eigenvalue weighted by molar-refractivity contribution is -0.134. The van der Waals surface area contributed by atoms with Crippen LogP contribution in [0.15, 0.2) is 18.2 Å². The number of hydrogen-bond acceptors (Lipinski definition) is 4. The fourth-order valence-electron chi connectivity index (χ4n) is 3.56. The van der Waals surface area contributed by atoms with Crippen molar-refractivity contribution in [2.75, 3.05) is 6.54 Å². The third-order valence-corrected chi connectivity index (χ3v) is 12.3. The Labute approximate surface area is 194 Å². The molecule has 1 aromatic rings. The number of amides is 1. The molecule has 0 N–H and O–H groups in total. The zero-order valence-corrected chi connectivity index (χ0v) is 22.2. The van der Waals surface area contributed by atoms with Crippen molar-refractivity contribution in [2.45, 2.75) is 96.9 Å². The van der Waals surface area contributed by atoms with Gasteiger partial charge in [-0.05, 0) is 63.9 Å². The zero-order chi connectivity index (χ0) is 23.4. The monoisotopic (exact) mass is 465 g/mol. The largest absolute Gasteiger partial charge is 0.496 e. The van der Waals surface area contributed by atoms with Gasteiger partial charge in [0.1, 0.15) is 6.10 Å². The lowest BCUT2D eigenvalue weighted by Crippen LogP contribution is -2.46. The van der Waals surface area contributed by atoms with Crippen LogP contribution in [0, 0.1) is 0 Å². The van der Waals surface area contributed by atoms with E-state index in [0.29, 0.717) is 18.1 Å². The van der Waals surface area contributed by atoms with Gasteiger partial charge in [0.15, 0.2) is 8.32 Å². The molecule has 1 amide bonds. The Morgan fingerprint density at radius 2 is 1.77 bits per heavy atom.